The van der Waals surface area contributed by atoms with E-state index in [4.69, 9.17) is 4.74 Å². The smallest absolute Gasteiger partial charge is 0.157 e. The Kier molecular flexibility index (Phi) is 4.86. The lowest BCUT2D eigenvalue weighted by atomic mass is 10.0. The minimum atomic E-state index is 0.648. The van der Waals surface area contributed by atoms with Gasteiger partial charge in [0.15, 0.2) is 5.75 Å². The summed E-state index contributed by atoms with van der Waals surface area (Å²) in [6, 6.07) is 0.648. The summed E-state index contributed by atoms with van der Waals surface area (Å²) in [7, 11) is 0. The number of aromatic nitrogens is 2. The molecule has 1 aliphatic rings. The number of piperidine rings is 1. The fraction of sp³-hybridized carbons (Fsp3) is 0.769. The van der Waals surface area contributed by atoms with Crippen LogP contribution in [0.1, 0.15) is 39.0 Å². The van der Waals surface area contributed by atoms with Crippen molar-refractivity contribution in [3.8, 4) is 5.75 Å². The van der Waals surface area contributed by atoms with Gasteiger partial charge in [-0.3, -0.25) is 4.68 Å². The van der Waals surface area contributed by atoms with Crippen LogP contribution >= 0.6 is 0 Å². The van der Waals surface area contributed by atoms with Crippen LogP contribution in [-0.2, 0) is 6.54 Å². The Hall–Kier alpha value is -1.03. The third-order valence-corrected chi connectivity index (χ3v) is 3.21. The van der Waals surface area contributed by atoms with Gasteiger partial charge in [0, 0.05) is 12.6 Å². The number of hydrogen-bond donors (Lipinski definition) is 1. The van der Waals surface area contributed by atoms with Crippen LogP contribution in [0.5, 0.6) is 5.75 Å². The van der Waals surface area contributed by atoms with E-state index in [9.17, 15) is 0 Å². The number of ether oxygens (including phenoxy) is 1. The summed E-state index contributed by atoms with van der Waals surface area (Å²) in [6.45, 7) is 5.07. The lowest BCUT2D eigenvalue weighted by molar-refractivity contribution is 0.268. The van der Waals surface area contributed by atoms with Crippen molar-refractivity contribution in [3.63, 3.8) is 0 Å². The molecule has 96 valence electrons. The van der Waals surface area contributed by atoms with Crippen LogP contribution in [-0.4, -0.2) is 29.0 Å². The van der Waals surface area contributed by atoms with E-state index in [1.165, 1.54) is 25.8 Å². The van der Waals surface area contributed by atoms with E-state index in [0.717, 1.165) is 31.7 Å². The summed E-state index contributed by atoms with van der Waals surface area (Å²) >= 11 is 0. The summed E-state index contributed by atoms with van der Waals surface area (Å²) in [5, 5.41) is 7.78. The average Bonchev–Trinajstić information content (AvgIpc) is 2.79. The van der Waals surface area contributed by atoms with Crippen LogP contribution in [0.4, 0.5) is 0 Å². The second-order valence-corrected chi connectivity index (χ2v) is 4.72. The Labute approximate surface area is 103 Å². The second-order valence-electron chi connectivity index (χ2n) is 4.72. The standard InChI is InChI=1S/C13H23N3O/c1-2-8-16-11-13(10-15-16)17-9-6-12-5-3-4-7-14-12/h10-12,14H,2-9H2,1H3. The minimum Gasteiger partial charge on any atom is -0.490 e. The number of hydrogen-bond acceptors (Lipinski definition) is 3. The van der Waals surface area contributed by atoms with Gasteiger partial charge in [-0.15, -0.1) is 0 Å². The lowest BCUT2D eigenvalue weighted by Crippen LogP contribution is -2.35. The van der Waals surface area contributed by atoms with Crippen LogP contribution in [0, 0.1) is 0 Å². The predicted molar refractivity (Wildman–Crippen MR) is 68.3 cm³/mol. The van der Waals surface area contributed by atoms with Gasteiger partial charge in [0.2, 0.25) is 0 Å². The number of rotatable bonds is 6. The molecule has 0 saturated carbocycles. The molecule has 0 amide bonds. The highest BCUT2D eigenvalue weighted by Crippen LogP contribution is 2.12. The van der Waals surface area contributed by atoms with Gasteiger partial charge in [-0.25, -0.2) is 0 Å². The van der Waals surface area contributed by atoms with Crippen molar-refractivity contribution >= 4 is 0 Å². The Morgan fingerprint density at radius 3 is 3.24 bits per heavy atom. The highest BCUT2D eigenvalue weighted by molar-refractivity contribution is 5.11. The quantitative estimate of drug-likeness (QED) is 0.824. The number of nitrogens with one attached hydrogen (secondary N) is 1. The van der Waals surface area contributed by atoms with E-state index >= 15 is 0 Å². The Morgan fingerprint density at radius 1 is 1.53 bits per heavy atom. The van der Waals surface area contributed by atoms with Crippen LogP contribution in [0.25, 0.3) is 0 Å². The van der Waals surface area contributed by atoms with Gasteiger partial charge in [-0.05, 0) is 32.2 Å². The van der Waals surface area contributed by atoms with Gasteiger partial charge in [-0.1, -0.05) is 13.3 Å². The molecule has 1 aliphatic heterocycles. The number of aryl methyl sites for hydroxylation is 1. The van der Waals surface area contributed by atoms with Gasteiger partial charge < -0.3 is 10.1 Å². The molecule has 4 nitrogen and oxygen atoms in total. The minimum absolute atomic E-state index is 0.648. The summed E-state index contributed by atoms with van der Waals surface area (Å²) in [4.78, 5) is 0. The first-order valence-electron chi connectivity index (χ1n) is 6.77. The summed E-state index contributed by atoms with van der Waals surface area (Å²) < 4.78 is 7.65. The normalized spacial score (nSPS) is 20.4. The van der Waals surface area contributed by atoms with Crippen molar-refractivity contribution in [2.75, 3.05) is 13.2 Å². The van der Waals surface area contributed by atoms with Crippen molar-refractivity contribution < 1.29 is 4.74 Å². The zero-order valence-electron chi connectivity index (χ0n) is 10.7. The van der Waals surface area contributed by atoms with Gasteiger partial charge >= 0.3 is 0 Å². The van der Waals surface area contributed by atoms with Gasteiger partial charge in [0.1, 0.15) is 0 Å². The van der Waals surface area contributed by atoms with Crippen molar-refractivity contribution in [1.82, 2.24) is 15.1 Å². The molecule has 1 saturated heterocycles. The second kappa shape index (κ2) is 6.64. The fourth-order valence-electron chi connectivity index (χ4n) is 2.26. The first-order valence-corrected chi connectivity index (χ1v) is 6.77. The molecule has 17 heavy (non-hydrogen) atoms. The van der Waals surface area contributed by atoms with Crippen molar-refractivity contribution in [2.24, 2.45) is 0 Å². The molecular formula is C13H23N3O. The van der Waals surface area contributed by atoms with E-state index < -0.39 is 0 Å². The monoisotopic (exact) mass is 237 g/mol. The van der Waals surface area contributed by atoms with Crippen molar-refractivity contribution in [3.05, 3.63) is 12.4 Å². The molecule has 1 atom stereocenters. The third kappa shape index (κ3) is 4.04. The molecular weight excluding hydrogens is 214 g/mol. The predicted octanol–water partition coefficient (Wildman–Crippen LogP) is 2.20. The van der Waals surface area contributed by atoms with E-state index in [1.54, 1.807) is 0 Å². The maximum Gasteiger partial charge on any atom is 0.157 e. The largest absolute Gasteiger partial charge is 0.490 e. The molecule has 0 spiro atoms. The average molecular weight is 237 g/mol. The van der Waals surface area contributed by atoms with E-state index in [0.29, 0.717) is 6.04 Å². The molecule has 1 aromatic rings. The summed E-state index contributed by atoms with van der Waals surface area (Å²) in [5.74, 6) is 0.897. The first kappa shape index (κ1) is 12.4. The molecule has 2 rings (SSSR count). The van der Waals surface area contributed by atoms with Crippen molar-refractivity contribution in [1.29, 1.82) is 0 Å². The van der Waals surface area contributed by atoms with Crippen LogP contribution in [0.3, 0.4) is 0 Å². The van der Waals surface area contributed by atoms with E-state index in [2.05, 4.69) is 17.3 Å². The maximum absolute atomic E-state index is 5.71. The molecule has 1 N–H and O–H groups in total. The third-order valence-electron chi connectivity index (χ3n) is 3.21. The molecule has 0 aliphatic carbocycles. The lowest BCUT2D eigenvalue weighted by Gasteiger charge is -2.23. The molecule has 1 unspecified atom stereocenters. The van der Waals surface area contributed by atoms with Crippen molar-refractivity contribution in [2.45, 2.75) is 51.6 Å². The highest BCUT2D eigenvalue weighted by Gasteiger charge is 2.12. The SMILES string of the molecule is CCCn1cc(OCCC2CCCCN2)cn1. The van der Waals surface area contributed by atoms with Crippen LogP contribution in [0.15, 0.2) is 12.4 Å². The zero-order chi connectivity index (χ0) is 11.9. The Bertz CT molecular complexity index is 318. The molecule has 0 radical (unpaired) electrons. The molecule has 1 aromatic heterocycles. The van der Waals surface area contributed by atoms with Gasteiger partial charge in [0.05, 0.1) is 19.0 Å². The molecule has 0 aromatic carbocycles. The van der Waals surface area contributed by atoms with Crippen LogP contribution in [0.2, 0.25) is 0 Å². The molecule has 0 bridgehead atoms. The summed E-state index contributed by atoms with van der Waals surface area (Å²) in [5.41, 5.74) is 0. The first-order chi connectivity index (χ1) is 8.38. The Balaban J connectivity index is 1.66. The van der Waals surface area contributed by atoms with Crippen LogP contribution < -0.4 is 10.1 Å². The van der Waals surface area contributed by atoms with E-state index in [-0.39, 0.29) is 0 Å². The van der Waals surface area contributed by atoms with Gasteiger partial charge in [-0.2, -0.15) is 5.10 Å². The maximum atomic E-state index is 5.71. The fourth-order valence-corrected chi connectivity index (χ4v) is 2.26. The molecule has 2 heterocycles. The molecule has 4 heteroatoms. The number of nitrogens with zero attached hydrogens (tertiary/aromatic N) is 2. The highest BCUT2D eigenvalue weighted by atomic mass is 16.5. The molecule has 1 fully saturated rings. The van der Waals surface area contributed by atoms with E-state index in [1.807, 2.05) is 17.1 Å². The topological polar surface area (TPSA) is 39.1 Å². The Morgan fingerprint density at radius 2 is 2.47 bits per heavy atom. The zero-order valence-corrected chi connectivity index (χ0v) is 10.7. The summed E-state index contributed by atoms with van der Waals surface area (Å²) in [6.07, 6.45) is 9.96. The van der Waals surface area contributed by atoms with Gasteiger partial charge in [0.25, 0.3) is 0 Å².